The van der Waals surface area contributed by atoms with E-state index in [1.165, 1.54) is 10.9 Å². The van der Waals surface area contributed by atoms with Crippen LogP contribution in [0, 0.1) is 6.92 Å². The van der Waals surface area contributed by atoms with Crippen molar-refractivity contribution in [2.24, 2.45) is 0 Å². The number of aromatic nitrogens is 3. The van der Waals surface area contributed by atoms with E-state index in [1.807, 2.05) is 41.5 Å². The highest BCUT2D eigenvalue weighted by Crippen LogP contribution is 2.26. The molecule has 2 aromatic heterocycles. The highest BCUT2D eigenvalue weighted by Gasteiger charge is 2.19. The molecule has 2 aliphatic heterocycles. The van der Waals surface area contributed by atoms with Crippen LogP contribution in [0.2, 0.25) is 0 Å². The molecule has 5 rings (SSSR count). The van der Waals surface area contributed by atoms with E-state index in [2.05, 4.69) is 39.3 Å². The lowest BCUT2D eigenvalue weighted by Crippen LogP contribution is -2.31. The molecular weight excluding hydrogens is 390 g/mol. The van der Waals surface area contributed by atoms with Gasteiger partial charge in [0.1, 0.15) is 6.23 Å². The summed E-state index contributed by atoms with van der Waals surface area (Å²) < 4.78 is 5.41. The number of hydrogen-bond donors (Lipinski definition) is 3. The molecule has 0 bridgehead atoms. The summed E-state index contributed by atoms with van der Waals surface area (Å²) in [5.41, 5.74) is 5.11. The number of aromatic amines is 1. The fraction of sp³-hybridized carbons (Fsp3) is 0.333. The summed E-state index contributed by atoms with van der Waals surface area (Å²) in [6.45, 7) is 4.25. The molecule has 1 saturated heterocycles. The number of hydrogen-bond acceptors (Lipinski definition) is 6. The zero-order valence-electron chi connectivity index (χ0n) is 17.6. The first kappa shape index (κ1) is 19.8. The summed E-state index contributed by atoms with van der Waals surface area (Å²) >= 11 is 0. The van der Waals surface area contributed by atoms with Crippen LogP contribution in [0.15, 0.2) is 54.9 Å². The second-order valence-electron chi connectivity index (χ2n) is 8.09. The molecule has 1 unspecified atom stereocenters. The van der Waals surface area contributed by atoms with Gasteiger partial charge < -0.3 is 25.0 Å². The van der Waals surface area contributed by atoms with Crippen molar-refractivity contribution < 1.29 is 9.84 Å². The number of aryl methyl sites for hydroxylation is 1. The Labute approximate surface area is 181 Å². The Hall–Kier alpha value is -3.16. The maximum Gasteiger partial charge on any atom is 0.223 e. The van der Waals surface area contributed by atoms with Crippen molar-refractivity contribution in [3.8, 4) is 0 Å². The van der Waals surface area contributed by atoms with Crippen LogP contribution in [0.25, 0.3) is 16.5 Å². The number of anilines is 1. The number of allylic oxidation sites excluding steroid dienone is 2. The van der Waals surface area contributed by atoms with Gasteiger partial charge in [0.25, 0.3) is 0 Å². The molecule has 1 fully saturated rings. The lowest BCUT2D eigenvalue weighted by molar-refractivity contribution is 0.0721. The first-order chi connectivity index (χ1) is 15.2. The van der Waals surface area contributed by atoms with Gasteiger partial charge in [-0.15, -0.1) is 0 Å². The van der Waals surface area contributed by atoms with Gasteiger partial charge in [0.15, 0.2) is 0 Å². The number of para-hydroxylation sites is 1. The first-order valence-electron chi connectivity index (χ1n) is 10.7. The van der Waals surface area contributed by atoms with Crippen LogP contribution in [0.3, 0.4) is 0 Å². The topological polar surface area (TPSA) is 86.3 Å². The van der Waals surface area contributed by atoms with E-state index in [0.29, 0.717) is 18.5 Å². The Bertz CT molecular complexity index is 1130. The van der Waals surface area contributed by atoms with Crippen molar-refractivity contribution in [2.75, 3.05) is 18.5 Å². The summed E-state index contributed by atoms with van der Waals surface area (Å²) in [5, 5.41) is 15.4. The minimum absolute atomic E-state index is 0.334. The van der Waals surface area contributed by atoms with Crippen molar-refractivity contribution in [1.29, 1.82) is 0 Å². The molecule has 7 heteroatoms. The predicted octanol–water partition coefficient (Wildman–Crippen LogP) is 3.59. The average Bonchev–Trinajstić information content (AvgIpc) is 3.11. The quantitative estimate of drug-likeness (QED) is 0.588. The third kappa shape index (κ3) is 4.19. The molecule has 0 radical (unpaired) electrons. The second kappa shape index (κ2) is 8.53. The molecule has 3 aromatic rings. The molecule has 1 aromatic carbocycles. The molecule has 31 heavy (non-hydrogen) atoms. The SMILES string of the molecule is Cc1c(CN2C=CC(c3ccnc(NC4CCOCC4)n3)=CC2O)[nH]c2ccccc12. The fourth-order valence-electron chi connectivity index (χ4n) is 4.19. The van der Waals surface area contributed by atoms with Crippen LogP contribution in [-0.2, 0) is 11.3 Å². The molecule has 1 atom stereocenters. The molecule has 3 N–H and O–H groups in total. The summed E-state index contributed by atoms with van der Waals surface area (Å²) in [6, 6.07) is 10.5. The summed E-state index contributed by atoms with van der Waals surface area (Å²) in [6.07, 6.45) is 8.69. The standard InChI is InChI=1S/C24H27N5O2/c1-16-19-4-2-3-5-21(19)27-22(16)15-29-11-7-17(14-23(29)30)20-6-10-25-24(28-20)26-18-8-12-31-13-9-18/h2-7,10-11,14,18,23,27,30H,8-9,12-13,15H2,1H3,(H,25,26,28). The highest BCUT2D eigenvalue weighted by molar-refractivity contribution is 5.84. The number of aliphatic hydroxyl groups is 1. The van der Waals surface area contributed by atoms with Gasteiger partial charge in [-0.3, -0.25) is 0 Å². The Morgan fingerprint density at radius 1 is 1.23 bits per heavy atom. The monoisotopic (exact) mass is 417 g/mol. The van der Waals surface area contributed by atoms with Gasteiger partial charge in [-0.1, -0.05) is 18.2 Å². The van der Waals surface area contributed by atoms with Gasteiger partial charge in [-0.05, 0) is 49.6 Å². The molecular formula is C24H27N5O2. The van der Waals surface area contributed by atoms with Crippen LogP contribution < -0.4 is 5.32 Å². The summed E-state index contributed by atoms with van der Waals surface area (Å²) in [4.78, 5) is 14.4. The van der Waals surface area contributed by atoms with Gasteiger partial charge >= 0.3 is 0 Å². The summed E-state index contributed by atoms with van der Waals surface area (Å²) in [7, 11) is 0. The van der Waals surface area contributed by atoms with E-state index in [4.69, 9.17) is 4.74 Å². The third-order valence-electron chi connectivity index (χ3n) is 6.03. The van der Waals surface area contributed by atoms with Crippen molar-refractivity contribution in [3.05, 3.63) is 71.8 Å². The van der Waals surface area contributed by atoms with Crippen molar-refractivity contribution in [3.63, 3.8) is 0 Å². The highest BCUT2D eigenvalue weighted by atomic mass is 16.5. The van der Waals surface area contributed by atoms with Gasteiger partial charge in [-0.25, -0.2) is 9.97 Å². The molecule has 0 spiro atoms. The van der Waals surface area contributed by atoms with Crippen LogP contribution in [0.4, 0.5) is 5.95 Å². The minimum atomic E-state index is -0.729. The van der Waals surface area contributed by atoms with E-state index < -0.39 is 6.23 Å². The fourth-order valence-corrected chi connectivity index (χ4v) is 4.19. The van der Waals surface area contributed by atoms with E-state index >= 15 is 0 Å². The maximum atomic E-state index is 10.8. The molecule has 4 heterocycles. The third-order valence-corrected chi connectivity index (χ3v) is 6.03. The molecule has 0 aliphatic carbocycles. The largest absolute Gasteiger partial charge is 0.381 e. The number of aliphatic hydroxyl groups excluding tert-OH is 1. The maximum absolute atomic E-state index is 10.8. The minimum Gasteiger partial charge on any atom is -0.381 e. The van der Waals surface area contributed by atoms with Gasteiger partial charge in [0, 0.05) is 53.8 Å². The van der Waals surface area contributed by atoms with Crippen molar-refractivity contribution in [1.82, 2.24) is 19.9 Å². The number of rotatable bonds is 5. The number of ether oxygens (including phenoxy) is 1. The molecule has 0 amide bonds. The zero-order chi connectivity index (χ0) is 21.2. The van der Waals surface area contributed by atoms with Gasteiger partial charge in [0.2, 0.25) is 5.95 Å². The van der Waals surface area contributed by atoms with Crippen molar-refractivity contribution >= 4 is 22.4 Å². The molecule has 2 aliphatic rings. The second-order valence-corrected chi connectivity index (χ2v) is 8.09. The number of nitrogens with one attached hydrogen (secondary N) is 2. The van der Waals surface area contributed by atoms with Gasteiger partial charge in [0.05, 0.1) is 12.2 Å². The zero-order valence-corrected chi connectivity index (χ0v) is 17.6. The first-order valence-corrected chi connectivity index (χ1v) is 10.7. The number of fused-ring (bicyclic) bond motifs is 1. The van der Waals surface area contributed by atoms with E-state index in [-0.39, 0.29) is 0 Å². The van der Waals surface area contributed by atoms with Crippen LogP contribution >= 0.6 is 0 Å². The average molecular weight is 418 g/mol. The lowest BCUT2D eigenvalue weighted by atomic mass is 10.1. The number of benzene rings is 1. The Morgan fingerprint density at radius 2 is 2.06 bits per heavy atom. The molecule has 160 valence electrons. The van der Waals surface area contributed by atoms with Crippen LogP contribution in [0.5, 0.6) is 0 Å². The van der Waals surface area contributed by atoms with E-state index in [9.17, 15) is 5.11 Å². The normalized spacial score (nSPS) is 19.6. The molecule has 0 saturated carbocycles. The summed E-state index contributed by atoms with van der Waals surface area (Å²) in [5.74, 6) is 0.615. The number of nitrogens with zero attached hydrogens (tertiary/aromatic N) is 3. The van der Waals surface area contributed by atoms with E-state index in [1.54, 1.807) is 6.20 Å². The van der Waals surface area contributed by atoms with Gasteiger partial charge in [-0.2, -0.15) is 0 Å². The Balaban J connectivity index is 1.30. The Kier molecular flexibility index (Phi) is 5.44. The molecule has 7 nitrogen and oxygen atoms in total. The smallest absolute Gasteiger partial charge is 0.223 e. The van der Waals surface area contributed by atoms with Crippen LogP contribution in [0.1, 0.15) is 29.8 Å². The predicted molar refractivity (Wildman–Crippen MR) is 121 cm³/mol. The van der Waals surface area contributed by atoms with Crippen molar-refractivity contribution in [2.45, 2.75) is 38.6 Å². The Morgan fingerprint density at radius 3 is 2.87 bits per heavy atom. The van der Waals surface area contributed by atoms with Crippen LogP contribution in [-0.4, -0.2) is 50.4 Å². The lowest BCUT2D eigenvalue weighted by Gasteiger charge is -2.28. The number of H-pyrrole nitrogens is 1. The van der Waals surface area contributed by atoms with E-state index in [0.717, 1.165) is 48.5 Å².